The maximum Gasteiger partial charge on any atom is 0.0605 e. The zero-order chi connectivity index (χ0) is 13.8. The van der Waals surface area contributed by atoms with Crippen molar-refractivity contribution in [1.82, 2.24) is 9.66 Å². The molecule has 3 aromatic heterocycles. The number of thiophene rings is 1. The molecular formula is C16H17N3S. The molecule has 0 saturated heterocycles. The molecule has 102 valence electrons. The van der Waals surface area contributed by atoms with E-state index in [1.165, 1.54) is 11.3 Å². The van der Waals surface area contributed by atoms with Gasteiger partial charge in [0, 0.05) is 31.3 Å². The second-order valence-electron chi connectivity index (χ2n) is 4.70. The van der Waals surface area contributed by atoms with Gasteiger partial charge in [0.05, 0.1) is 5.69 Å². The van der Waals surface area contributed by atoms with Crippen LogP contribution in [-0.4, -0.2) is 16.7 Å². The minimum atomic E-state index is 1.04. The zero-order valence-corrected chi connectivity index (χ0v) is 12.3. The number of aryl methyl sites for hydroxylation is 2. The average molecular weight is 283 g/mol. The molecule has 20 heavy (non-hydrogen) atoms. The average Bonchev–Trinajstić information content (AvgIpc) is 3.16. The van der Waals surface area contributed by atoms with Gasteiger partial charge in [0.25, 0.3) is 0 Å². The summed E-state index contributed by atoms with van der Waals surface area (Å²) >= 11 is 1.76. The van der Waals surface area contributed by atoms with Crippen molar-refractivity contribution in [1.29, 1.82) is 0 Å². The highest BCUT2D eigenvalue weighted by Gasteiger charge is 2.07. The molecule has 0 bridgehead atoms. The van der Waals surface area contributed by atoms with Gasteiger partial charge < -0.3 is 0 Å². The van der Waals surface area contributed by atoms with Crippen LogP contribution in [0.25, 0.3) is 0 Å². The van der Waals surface area contributed by atoms with Gasteiger partial charge in [0.15, 0.2) is 0 Å². The van der Waals surface area contributed by atoms with Crippen LogP contribution in [0.15, 0.2) is 59.7 Å². The molecule has 3 rings (SSSR count). The lowest BCUT2D eigenvalue weighted by atomic mass is 10.1. The molecule has 0 unspecified atom stereocenters. The lowest BCUT2D eigenvalue weighted by molar-refractivity contribution is 0.716. The van der Waals surface area contributed by atoms with Gasteiger partial charge in [0.2, 0.25) is 0 Å². The molecule has 0 fully saturated rings. The molecule has 3 nitrogen and oxygen atoms in total. The third-order valence-electron chi connectivity index (χ3n) is 3.42. The van der Waals surface area contributed by atoms with Crippen molar-refractivity contribution in [3.63, 3.8) is 0 Å². The summed E-state index contributed by atoms with van der Waals surface area (Å²) in [4.78, 5) is 4.07. The molecule has 3 aromatic rings. The monoisotopic (exact) mass is 283 g/mol. The fourth-order valence-electron chi connectivity index (χ4n) is 2.29. The van der Waals surface area contributed by atoms with Crippen LogP contribution in [0, 0.1) is 0 Å². The minimum Gasteiger partial charge on any atom is -0.285 e. The molecule has 0 amide bonds. The lowest BCUT2D eigenvalue weighted by Gasteiger charge is -2.23. The number of pyridine rings is 1. The third kappa shape index (κ3) is 2.75. The highest BCUT2D eigenvalue weighted by molar-refractivity contribution is 7.07. The van der Waals surface area contributed by atoms with E-state index in [9.17, 15) is 0 Å². The third-order valence-corrected chi connectivity index (χ3v) is 4.15. The summed E-state index contributed by atoms with van der Waals surface area (Å²) in [6, 6.07) is 10.5. The Balaban J connectivity index is 1.76. The Morgan fingerprint density at radius 3 is 2.75 bits per heavy atom. The van der Waals surface area contributed by atoms with Gasteiger partial charge in [-0.2, -0.15) is 11.3 Å². The zero-order valence-electron chi connectivity index (χ0n) is 11.4. The van der Waals surface area contributed by atoms with Gasteiger partial charge in [-0.15, -0.1) is 0 Å². The summed E-state index contributed by atoms with van der Waals surface area (Å²) in [6.45, 7) is 0. The van der Waals surface area contributed by atoms with Crippen LogP contribution in [-0.2, 0) is 12.8 Å². The molecule has 4 heteroatoms. The predicted molar refractivity (Wildman–Crippen MR) is 84.2 cm³/mol. The van der Waals surface area contributed by atoms with Crippen LogP contribution in [0.5, 0.6) is 0 Å². The van der Waals surface area contributed by atoms with Gasteiger partial charge in [0.1, 0.15) is 0 Å². The van der Waals surface area contributed by atoms with E-state index in [0.29, 0.717) is 0 Å². The number of rotatable bonds is 5. The molecule has 0 saturated carbocycles. The Morgan fingerprint density at radius 2 is 2.00 bits per heavy atom. The van der Waals surface area contributed by atoms with E-state index in [-0.39, 0.29) is 0 Å². The van der Waals surface area contributed by atoms with Gasteiger partial charge in [-0.05, 0) is 59.5 Å². The highest BCUT2D eigenvalue weighted by atomic mass is 32.1. The van der Waals surface area contributed by atoms with Crippen molar-refractivity contribution < 1.29 is 0 Å². The van der Waals surface area contributed by atoms with Gasteiger partial charge in [-0.3, -0.25) is 14.7 Å². The van der Waals surface area contributed by atoms with Crippen LogP contribution < -0.4 is 5.01 Å². The van der Waals surface area contributed by atoms with Gasteiger partial charge in [-0.1, -0.05) is 0 Å². The van der Waals surface area contributed by atoms with E-state index in [4.69, 9.17) is 0 Å². The topological polar surface area (TPSA) is 21.1 Å². The Kier molecular flexibility index (Phi) is 3.83. The summed E-state index contributed by atoms with van der Waals surface area (Å²) in [5, 5.41) is 6.50. The smallest absolute Gasteiger partial charge is 0.0605 e. The van der Waals surface area contributed by atoms with Crippen molar-refractivity contribution >= 4 is 17.0 Å². The quantitative estimate of drug-likeness (QED) is 0.713. The maximum absolute atomic E-state index is 4.07. The van der Waals surface area contributed by atoms with Crippen LogP contribution in [0.4, 0.5) is 5.69 Å². The first kappa shape index (κ1) is 12.9. The Hall–Kier alpha value is -2.07. The standard InChI is InChI=1S/C16H17N3S/c1-18(15-6-9-17-10-7-15)19-11-2-3-16(19)5-4-14-8-12-20-13-14/h2-3,6-13H,4-5H2,1H3. The summed E-state index contributed by atoms with van der Waals surface area (Å²) in [6.07, 6.45) is 7.86. The van der Waals surface area contributed by atoms with E-state index in [0.717, 1.165) is 18.5 Å². The summed E-state index contributed by atoms with van der Waals surface area (Å²) in [5.74, 6) is 0. The van der Waals surface area contributed by atoms with Crippen LogP contribution in [0.1, 0.15) is 11.3 Å². The van der Waals surface area contributed by atoms with E-state index in [1.54, 1.807) is 11.3 Å². The summed E-state index contributed by atoms with van der Waals surface area (Å²) in [5.41, 5.74) is 3.86. The second-order valence-corrected chi connectivity index (χ2v) is 5.48. The fourth-order valence-corrected chi connectivity index (χ4v) is 2.99. The molecule has 0 aliphatic rings. The number of nitrogens with zero attached hydrogens (tertiary/aromatic N) is 3. The Labute approximate surface area is 123 Å². The van der Waals surface area contributed by atoms with Crippen molar-refractivity contribution in [3.05, 3.63) is 70.9 Å². The maximum atomic E-state index is 4.07. The first-order valence-electron chi connectivity index (χ1n) is 6.66. The molecular weight excluding hydrogens is 266 g/mol. The first-order chi connectivity index (χ1) is 9.84. The summed E-state index contributed by atoms with van der Waals surface area (Å²) < 4.78 is 2.20. The van der Waals surface area contributed by atoms with E-state index >= 15 is 0 Å². The number of hydrogen-bond acceptors (Lipinski definition) is 3. The van der Waals surface area contributed by atoms with Crippen LogP contribution in [0.2, 0.25) is 0 Å². The molecule has 3 heterocycles. The van der Waals surface area contributed by atoms with E-state index in [2.05, 4.69) is 56.9 Å². The molecule has 0 aliphatic carbocycles. The molecule has 0 aromatic carbocycles. The largest absolute Gasteiger partial charge is 0.285 e. The van der Waals surface area contributed by atoms with E-state index in [1.807, 2.05) is 24.5 Å². The van der Waals surface area contributed by atoms with Gasteiger partial charge in [-0.25, -0.2) is 0 Å². The molecule has 0 N–H and O–H groups in total. The van der Waals surface area contributed by atoms with Crippen LogP contribution in [0.3, 0.4) is 0 Å². The highest BCUT2D eigenvalue weighted by Crippen LogP contribution is 2.16. The number of anilines is 1. The Bertz CT molecular complexity index is 643. The normalized spacial score (nSPS) is 10.7. The van der Waals surface area contributed by atoms with Crippen molar-refractivity contribution in [3.8, 4) is 0 Å². The lowest BCUT2D eigenvalue weighted by Crippen LogP contribution is -2.25. The van der Waals surface area contributed by atoms with E-state index < -0.39 is 0 Å². The van der Waals surface area contributed by atoms with Crippen molar-refractivity contribution in [2.75, 3.05) is 12.1 Å². The fraction of sp³-hybridized carbons (Fsp3) is 0.188. The molecule has 0 radical (unpaired) electrons. The van der Waals surface area contributed by atoms with Crippen molar-refractivity contribution in [2.24, 2.45) is 0 Å². The Morgan fingerprint density at radius 1 is 1.15 bits per heavy atom. The minimum absolute atomic E-state index is 1.04. The predicted octanol–water partition coefficient (Wildman–Crippen LogP) is 3.63. The number of hydrogen-bond donors (Lipinski definition) is 0. The SMILES string of the molecule is CN(c1ccncc1)n1cccc1CCc1ccsc1. The second kappa shape index (κ2) is 5.92. The first-order valence-corrected chi connectivity index (χ1v) is 7.60. The molecule has 0 spiro atoms. The molecule has 0 aliphatic heterocycles. The van der Waals surface area contributed by atoms with Crippen molar-refractivity contribution in [2.45, 2.75) is 12.8 Å². The van der Waals surface area contributed by atoms with Gasteiger partial charge >= 0.3 is 0 Å². The summed E-state index contributed by atoms with van der Waals surface area (Å²) in [7, 11) is 2.07. The number of aromatic nitrogens is 2. The van der Waals surface area contributed by atoms with Crippen LogP contribution >= 0.6 is 11.3 Å². The molecule has 0 atom stereocenters.